The van der Waals surface area contributed by atoms with E-state index >= 15 is 0 Å². The Balaban J connectivity index is 1.78. The lowest BCUT2D eigenvalue weighted by Crippen LogP contribution is -2.48. The van der Waals surface area contributed by atoms with Crippen molar-refractivity contribution in [2.24, 2.45) is 5.92 Å². The van der Waals surface area contributed by atoms with Crippen LogP contribution in [0.4, 0.5) is 0 Å². The third-order valence-electron chi connectivity index (χ3n) is 5.91. The minimum Gasteiger partial charge on any atom is -0.465 e. The summed E-state index contributed by atoms with van der Waals surface area (Å²) in [6, 6.07) is 7.01. The largest absolute Gasteiger partial charge is 0.465 e. The van der Waals surface area contributed by atoms with Crippen molar-refractivity contribution < 1.29 is 28.6 Å². The topological polar surface area (TPSA) is 90.9 Å². The molecule has 1 unspecified atom stereocenters. The van der Waals surface area contributed by atoms with Crippen molar-refractivity contribution >= 4 is 17.7 Å². The summed E-state index contributed by atoms with van der Waals surface area (Å²) < 4.78 is 15.8. The monoisotopic (exact) mass is 447 g/mol. The molecule has 1 amide bonds. The highest BCUT2D eigenvalue weighted by Crippen LogP contribution is 2.26. The van der Waals surface area contributed by atoms with Crippen LogP contribution in [0.3, 0.4) is 0 Å². The Kier molecular flexibility index (Phi) is 8.98. The van der Waals surface area contributed by atoms with Gasteiger partial charge in [0.2, 0.25) is 0 Å². The summed E-state index contributed by atoms with van der Waals surface area (Å²) >= 11 is 0. The van der Waals surface area contributed by atoms with E-state index in [4.69, 9.17) is 14.2 Å². The molecular weight excluding hydrogens is 410 g/mol. The normalized spacial score (nSPS) is 22.1. The van der Waals surface area contributed by atoms with E-state index in [0.717, 1.165) is 24.8 Å². The van der Waals surface area contributed by atoms with Crippen molar-refractivity contribution in [1.82, 2.24) is 5.32 Å². The minimum absolute atomic E-state index is 0.0171. The SMILES string of the molecule is COC(=O)C1(C)OCC(CCCCC(NC(=O)c2ccc(C(C)(C)C)cc2)C(C)=O)CO1. The first-order valence-electron chi connectivity index (χ1n) is 11.2. The molecule has 1 aliphatic rings. The standard InChI is InChI=1S/C25H37NO6/c1-17(27)21(26-22(28)19-11-13-20(14-12-19)24(2,3)4)10-8-7-9-18-15-31-25(5,32-16-18)23(29)30-6/h11-14,18,21H,7-10,15-16H2,1-6H3,(H,26,28). The van der Waals surface area contributed by atoms with E-state index in [1.165, 1.54) is 14.0 Å². The number of carbonyl (C=O) groups excluding carboxylic acids is 3. The van der Waals surface area contributed by atoms with Crippen LogP contribution in [0.15, 0.2) is 24.3 Å². The molecule has 2 rings (SSSR count). The number of carbonyl (C=O) groups is 3. The molecule has 7 heteroatoms. The Morgan fingerprint density at radius 3 is 2.22 bits per heavy atom. The Bertz CT molecular complexity index is 788. The van der Waals surface area contributed by atoms with E-state index in [2.05, 4.69) is 26.1 Å². The fourth-order valence-electron chi connectivity index (χ4n) is 3.64. The number of ether oxygens (including phenoxy) is 3. The number of unbranched alkanes of at least 4 members (excludes halogenated alkanes) is 1. The van der Waals surface area contributed by atoms with E-state index in [9.17, 15) is 14.4 Å². The summed E-state index contributed by atoms with van der Waals surface area (Å²) in [7, 11) is 1.30. The first kappa shape index (κ1) is 26.0. The Labute approximate surface area is 191 Å². The number of Topliss-reactive ketones (excluding diaryl/α,β-unsaturated/α-hetero) is 1. The fraction of sp³-hybridized carbons (Fsp3) is 0.640. The second kappa shape index (κ2) is 11.1. The van der Waals surface area contributed by atoms with Gasteiger partial charge in [-0.15, -0.1) is 0 Å². The lowest BCUT2D eigenvalue weighted by molar-refractivity contribution is -0.272. The van der Waals surface area contributed by atoms with Crippen LogP contribution in [-0.2, 0) is 29.2 Å². The highest BCUT2D eigenvalue weighted by Gasteiger charge is 2.41. The number of esters is 1. The second-order valence-electron chi connectivity index (χ2n) is 9.67. The number of hydrogen-bond acceptors (Lipinski definition) is 6. The van der Waals surface area contributed by atoms with Crippen molar-refractivity contribution in [1.29, 1.82) is 0 Å². The number of hydrogen-bond donors (Lipinski definition) is 1. The molecule has 0 aromatic heterocycles. The molecule has 1 saturated heterocycles. The summed E-state index contributed by atoms with van der Waals surface area (Å²) in [5.74, 6) is -1.98. The maximum Gasteiger partial charge on any atom is 0.366 e. The van der Waals surface area contributed by atoms with Gasteiger partial charge in [-0.25, -0.2) is 4.79 Å². The van der Waals surface area contributed by atoms with Crippen molar-refractivity contribution in [2.75, 3.05) is 20.3 Å². The first-order chi connectivity index (χ1) is 15.0. The molecule has 0 saturated carbocycles. The number of rotatable bonds is 9. The molecule has 178 valence electrons. The molecule has 0 spiro atoms. The third kappa shape index (κ3) is 7.14. The van der Waals surface area contributed by atoms with Gasteiger partial charge in [-0.1, -0.05) is 45.7 Å². The van der Waals surface area contributed by atoms with Crippen LogP contribution in [-0.4, -0.2) is 49.8 Å². The number of benzene rings is 1. The van der Waals surface area contributed by atoms with E-state index in [1.807, 2.05) is 12.1 Å². The highest BCUT2D eigenvalue weighted by molar-refractivity contribution is 5.97. The van der Waals surface area contributed by atoms with Crippen LogP contribution in [0, 0.1) is 5.92 Å². The average Bonchev–Trinajstić information content (AvgIpc) is 2.75. The molecule has 0 aliphatic carbocycles. The summed E-state index contributed by atoms with van der Waals surface area (Å²) in [4.78, 5) is 36.4. The summed E-state index contributed by atoms with van der Waals surface area (Å²) in [5, 5.41) is 2.87. The first-order valence-corrected chi connectivity index (χ1v) is 11.2. The number of methoxy groups -OCH3 is 1. The highest BCUT2D eigenvalue weighted by atomic mass is 16.7. The van der Waals surface area contributed by atoms with Crippen LogP contribution < -0.4 is 5.32 Å². The lowest BCUT2D eigenvalue weighted by Gasteiger charge is -2.35. The van der Waals surface area contributed by atoms with Crippen molar-refractivity contribution in [3.8, 4) is 0 Å². The number of nitrogens with one attached hydrogen (secondary N) is 1. The molecular formula is C25H37NO6. The molecule has 1 heterocycles. The molecule has 1 aromatic rings. The molecule has 32 heavy (non-hydrogen) atoms. The van der Waals surface area contributed by atoms with Crippen molar-refractivity contribution in [2.45, 2.75) is 77.5 Å². The zero-order chi connectivity index (χ0) is 23.9. The van der Waals surface area contributed by atoms with Gasteiger partial charge in [-0.2, -0.15) is 0 Å². The number of ketones is 1. The fourth-order valence-corrected chi connectivity index (χ4v) is 3.64. The molecule has 1 N–H and O–H groups in total. The van der Waals surface area contributed by atoms with Gasteiger partial charge in [0.25, 0.3) is 11.7 Å². The Hall–Kier alpha value is -2.25. The number of amides is 1. The van der Waals surface area contributed by atoms with Gasteiger partial charge < -0.3 is 19.5 Å². The van der Waals surface area contributed by atoms with E-state index in [1.54, 1.807) is 19.1 Å². The molecule has 1 aliphatic heterocycles. The van der Waals surface area contributed by atoms with E-state index in [0.29, 0.717) is 25.2 Å². The van der Waals surface area contributed by atoms with Gasteiger partial charge in [-0.3, -0.25) is 9.59 Å². The minimum atomic E-state index is -1.33. The Morgan fingerprint density at radius 2 is 1.72 bits per heavy atom. The summed E-state index contributed by atoms with van der Waals surface area (Å²) in [6.07, 6.45) is 3.09. The zero-order valence-electron chi connectivity index (χ0n) is 20.2. The predicted molar refractivity (Wildman–Crippen MR) is 121 cm³/mol. The average molecular weight is 448 g/mol. The second-order valence-corrected chi connectivity index (χ2v) is 9.67. The molecule has 1 aromatic carbocycles. The Morgan fingerprint density at radius 1 is 1.12 bits per heavy atom. The maximum atomic E-state index is 12.6. The summed E-state index contributed by atoms with van der Waals surface area (Å²) in [6.45, 7) is 10.3. The predicted octanol–water partition coefficient (Wildman–Crippen LogP) is 3.78. The van der Waals surface area contributed by atoms with Crippen LogP contribution >= 0.6 is 0 Å². The molecule has 1 atom stereocenters. The third-order valence-corrected chi connectivity index (χ3v) is 5.91. The quantitative estimate of drug-likeness (QED) is 0.458. The molecule has 1 fully saturated rings. The smallest absolute Gasteiger partial charge is 0.366 e. The van der Waals surface area contributed by atoms with Crippen LogP contribution in [0.1, 0.15) is 76.2 Å². The van der Waals surface area contributed by atoms with Crippen LogP contribution in [0.2, 0.25) is 0 Å². The zero-order valence-corrected chi connectivity index (χ0v) is 20.2. The maximum absolute atomic E-state index is 12.6. The van der Waals surface area contributed by atoms with E-state index in [-0.39, 0.29) is 23.0 Å². The van der Waals surface area contributed by atoms with Gasteiger partial charge in [0.15, 0.2) is 5.78 Å². The van der Waals surface area contributed by atoms with Gasteiger partial charge in [0, 0.05) is 18.4 Å². The van der Waals surface area contributed by atoms with Crippen molar-refractivity contribution in [3.05, 3.63) is 35.4 Å². The van der Waals surface area contributed by atoms with Gasteiger partial charge in [0.05, 0.1) is 26.4 Å². The van der Waals surface area contributed by atoms with Crippen LogP contribution in [0.5, 0.6) is 0 Å². The summed E-state index contributed by atoms with van der Waals surface area (Å²) in [5.41, 5.74) is 1.72. The molecule has 0 bridgehead atoms. The van der Waals surface area contributed by atoms with Crippen molar-refractivity contribution in [3.63, 3.8) is 0 Å². The lowest BCUT2D eigenvalue weighted by atomic mass is 9.86. The molecule has 0 radical (unpaired) electrons. The van der Waals surface area contributed by atoms with Gasteiger partial charge in [-0.05, 0) is 42.9 Å². The van der Waals surface area contributed by atoms with Gasteiger partial charge in [0.1, 0.15) is 0 Å². The van der Waals surface area contributed by atoms with Gasteiger partial charge >= 0.3 is 5.97 Å². The molecule has 7 nitrogen and oxygen atoms in total. The van der Waals surface area contributed by atoms with E-state index < -0.39 is 17.8 Å². The van der Waals surface area contributed by atoms with Crippen LogP contribution in [0.25, 0.3) is 0 Å².